The van der Waals surface area contributed by atoms with Crippen molar-refractivity contribution in [1.29, 1.82) is 0 Å². The number of carbonyl (C=O) groups excluding carboxylic acids is 1. The molecule has 2 N–H and O–H groups in total. The van der Waals surface area contributed by atoms with Crippen LogP contribution in [-0.2, 0) is 21.2 Å². The SMILES string of the molecule is O=C1Cc2cc(S(=O)(=O)Nc3ccc(N4CCCCCC4)cc3)ccc2N1. The van der Waals surface area contributed by atoms with E-state index in [4.69, 9.17) is 0 Å². The van der Waals surface area contributed by atoms with E-state index in [1.165, 1.54) is 31.7 Å². The first kappa shape index (κ1) is 17.9. The Kier molecular flexibility index (Phi) is 4.78. The molecular weight excluding hydrogens is 362 g/mol. The van der Waals surface area contributed by atoms with E-state index < -0.39 is 10.0 Å². The van der Waals surface area contributed by atoms with E-state index in [9.17, 15) is 13.2 Å². The average Bonchev–Trinajstić information content (AvgIpc) is 2.83. The summed E-state index contributed by atoms with van der Waals surface area (Å²) in [6.07, 6.45) is 5.16. The maximum absolute atomic E-state index is 12.7. The van der Waals surface area contributed by atoms with E-state index in [0.29, 0.717) is 16.9 Å². The molecule has 1 fully saturated rings. The summed E-state index contributed by atoms with van der Waals surface area (Å²) in [5.41, 5.74) is 3.05. The molecule has 0 spiro atoms. The summed E-state index contributed by atoms with van der Waals surface area (Å²) < 4.78 is 28.0. The summed E-state index contributed by atoms with van der Waals surface area (Å²) in [6, 6.07) is 12.2. The summed E-state index contributed by atoms with van der Waals surface area (Å²) in [5.74, 6) is -0.114. The van der Waals surface area contributed by atoms with Gasteiger partial charge in [-0.25, -0.2) is 8.42 Å². The molecule has 2 aromatic rings. The zero-order valence-electron chi connectivity index (χ0n) is 15.1. The largest absolute Gasteiger partial charge is 0.372 e. The molecule has 2 aliphatic heterocycles. The summed E-state index contributed by atoms with van der Waals surface area (Å²) >= 11 is 0. The van der Waals surface area contributed by atoms with Gasteiger partial charge in [-0.05, 0) is 60.9 Å². The van der Waals surface area contributed by atoms with Crippen LogP contribution in [0.15, 0.2) is 47.4 Å². The molecule has 1 saturated heterocycles. The second kappa shape index (κ2) is 7.23. The van der Waals surface area contributed by atoms with Gasteiger partial charge in [0.05, 0.1) is 11.3 Å². The van der Waals surface area contributed by atoms with Crippen molar-refractivity contribution in [2.24, 2.45) is 0 Å². The maximum Gasteiger partial charge on any atom is 0.261 e. The topological polar surface area (TPSA) is 78.5 Å². The first-order valence-corrected chi connectivity index (χ1v) is 10.8. The van der Waals surface area contributed by atoms with Crippen molar-refractivity contribution in [3.8, 4) is 0 Å². The third kappa shape index (κ3) is 3.93. The zero-order valence-corrected chi connectivity index (χ0v) is 15.9. The lowest BCUT2D eigenvalue weighted by molar-refractivity contribution is -0.115. The lowest BCUT2D eigenvalue weighted by Gasteiger charge is -2.22. The number of benzene rings is 2. The van der Waals surface area contributed by atoms with Gasteiger partial charge >= 0.3 is 0 Å². The highest BCUT2D eigenvalue weighted by molar-refractivity contribution is 7.92. The van der Waals surface area contributed by atoms with Crippen LogP contribution >= 0.6 is 0 Å². The smallest absolute Gasteiger partial charge is 0.261 e. The van der Waals surface area contributed by atoms with Crippen molar-refractivity contribution in [1.82, 2.24) is 0 Å². The number of anilines is 3. The van der Waals surface area contributed by atoms with Gasteiger partial charge in [0, 0.05) is 30.2 Å². The predicted molar refractivity (Wildman–Crippen MR) is 107 cm³/mol. The van der Waals surface area contributed by atoms with Gasteiger partial charge in [-0.3, -0.25) is 9.52 Å². The second-order valence-corrected chi connectivity index (χ2v) is 8.78. The van der Waals surface area contributed by atoms with E-state index in [2.05, 4.69) is 14.9 Å². The van der Waals surface area contributed by atoms with E-state index in [1.54, 1.807) is 24.3 Å². The Labute approximate surface area is 159 Å². The van der Waals surface area contributed by atoms with E-state index in [1.807, 2.05) is 12.1 Å². The number of hydrogen-bond donors (Lipinski definition) is 2. The van der Waals surface area contributed by atoms with Crippen LogP contribution in [-0.4, -0.2) is 27.4 Å². The zero-order chi connectivity index (χ0) is 18.9. The summed E-state index contributed by atoms with van der Waals surface area (Å²) in [4.78, 5) is 14.0. The van der Waals surface area contributed by atoms with Crippen LogP contribution in [0.2, 0.25) is 0 Å². The van der Waals surface area contributed by atoms with E-state index in [-0.39, 0.29) is 17.2 Å². The molecule has 1 amide bonds. The number of amides is 1. The Hall–Kier alpha value is -2.54. The van der Waals surface area contributed by atoms with E-state index in [0.717, 1.165) is 18.8 Å². The molecule has 0 aliphatic carbocycles. The van der Waals surface area contributed by atoms with Gasteiger partial charge in [-0.15, -0.1) is 0 Å². The minimum atomic E-state index is -3.70. The molecule has 0 atom stereocenters. The minimum Gasteiger partial charge on any atom is -0.372 e. The minimum absolute atomic E-state index is 0.114. The van der Waals surface area contributed by atoms with Gasteiger partial charge in [0.25, 0.3) is 10.0 Å². The Balaban J connectivity index is 1.49. The number of sulfonamides is 1. The number of hydrogen-bond acceptors (Lipinski definition) is 4. The molecule has 2 aromatic carbocycles. The van der Waals surface area contributed by atoms with Gasteiger partial charge in [0.2, 0.25) is 5.91 Å². The molecule has 4 rings (SSSR count). The Morgan fingerprint density at radius 1 is 0.926 bits per heavy atom. The van der Waals surface area contributed by atoms with Crippen molar-refractivity contribution in [3.05, 3.63) is 48.0 Å². The van der Waals surface area contributed by atoms with Crippen LogP contribution in [0.25, 0.3) is 0 Å². The predicted octanol–water partition coefficient (Wildman–Crippen LogP) is 3.36. The molecule has 142 valence electrons. The number of carbonyl (C=O) groups is 1. The molecular formula is C20H23N3O3S. The third-order valence-electron chi connectivity index (χ3n) is 5.10. The molecule has 0 bridgehead atoms. The first-order chi connectivity index (χ1) is 13.0. The van der Waals surface area contributed by atoms with Crippen molar-refractivity contribution < 1.29 is 13.2 Å². The van der Waals surface area contributed by atoms with Crippen LogP contribution < -0.4 is 14.9 Å². The molecule has 2 aliphatic rings. The highest BCUT2D eigenvalue weighted by Gasteiger charge is 2.22. The molecule has 2 heterocycles. The average molecular weight is 385 g/mol. The van der Waals surface area contributed by atoms with Gasteiger partial charge < -0.3 is 10.2 Å². The number of rotatable bonds is 4. The molecule has 0 unspecified atom stereocenters. The van der Waals surface area contributed by atoms with Crippen LogP contribution in [0.5, 0.6) is 0 Å². The molecule has 0 aromatic heterocycles. The standard InChI is InChI=1S/C20H23N3O3S/c24-20-14-15-13-18(9-10-19(15)21-20)27(25,26)22-16-5-7-17(8-6-16)23-11-3-1-2-4-12-23/h5-10,13,22H,1-4,11-12,14H2,(H,21,24). The van der Waals surface area contributed by atoms with Crippen LogP contribution in [0, 0.1) is 0 Å². The fourth-order valence-electron chi connectivity index (χ4n) is 3.66. The van der Waals surface area contributed by atoms with Crippen LogP contribution in [0.3, 0.4) is 0 Å². The van der Waals surface area contributed by atoms with Gasteiger partial charge in [-0.1, -0.05) is 12.8 Å². The molecule has 0 saturated carbocycles. The summed E-state index contributed by atoms with van der Waals surface area (Å²) in [6.45, 7) is 2.10. The van der Waals surface area contributed by atoms with Crippen molar-refractivity contribution >= 4 is 33.0 Å². The lowest BCUT2D eigenvalue weighted by atomic mass is 10.2. The Bertz CT molecular complexity index is 947. The molecule has 0 radical (unpaired) electrons. The monoisotopic (exact) mass is 385 g/mol. The van der Waals surface area contributed by atoms with Crippen molar-refractivity contribution in [2.45, 2.75) is 37.0 Å². The molecule has 27 heavy (non-hydrogen) atoms. The lowest BCUT2D eigenvalue weighted by Crippen LogP contribution is -2.23. The number of fused-ring (bicyclic) bond motifs is 1. The van der Waals surface area contributed by atoms with E-state index >= 15 is 0 Å². The van der Waals surface area contributed by atoms with Gasteiger partial charge in [-0.2, -0.15) is 0 Å². The number of nitrogens with one attached hydrogen (secondary N) is 2. The highest BCUT2D eigenvalue weighted by Crippen LogP contribution is 2.27. The first-order valence-electron chi connectivity index (χ1n) is 9.32. The molecule has 7 heteroatoms. The summed E-state index contributed by atoms with van der Waals surface area (Å²) in [7, 11) is -3.70. The fraction of sp³-hybridized carbons (Fsp3) is 0.350. The van der Waals surface area contributed by atoms with Gasteiger partial charge in [0.15, 0.2) is 0 Å². The van der Waals surface area contributed by atoms with Crippen LogP contribution in [0.1, 0.15) is 31.2 Å². The van der Waals surface area contributed by atoms with Crippen molar-refractivity contribution in [3.63, 3.8) is 0 Å². The van der Waals surface area contributed by atoms with Crippen LogP contribution in [0.4, 0.5) is 17.1 Å². The quantitative estimate of drug-likeness (QED) is 0.846. The normalized spacial score (nSPS) is 17.2. The maximum atomic E-state index is 12.7. The Morgan fingerprint density at radius 3 is 2.33 bits per heavy atom. The second-order valence-electron chi connectivity index (χ2n) is 7.10. The fourth-order valence-corrected chi connectivity index (χ4v) is 4.76. The third-order valence-corrected chi connectivity index (χ3v) is 6.48. The summed E-state index contributed by atoms with van der Waals surface area (Å²) in [5, 5.41) is 2.71. The molecule has 6 nitrogen and oxygen atoms in total. The highest BCUT2D eigenvalue weighted by atomic mass is 32.2. The van der Waals surface area contributed by atoms with Crippen molar-refractivity contribution in [2.75, 3.05) is 28.0 Å². The number of nitrogens with zero attached hydrogens (tertiary/aromatic N) is 1. The Morgan fingerprint density at radius 2 is 1.63 bits per heavy atom. The van der Waals surface area contributed by atoms with Gasteiger partial charge in [0.1, 0.15) is 0 Å².